The quantitative estimate of drug-likeness (QED) is 0.628. The highest BCUT2D eigenvalue weighted by molar-refractivity contribution is 5.59. The SMILES string of the molecule is Cc1coc2c1C[C@@]1(C)C(=C2)CCC[C@@H]1C. The lowest BCUT2D eigenvalue weighted by atomic mass is 9.60. The first kappa shape index (κ1) is 10.2. The van der Waals surface area contributed by atoms with Crippen molar-refractivity contribution in [3.63, 3.8) is 0 Å². The smallest absolute Gasteiger partial charge is 0.130 e. The van der Waals surface area contributed by atoms with Crippen LogP contribution in [-0.2, 0) is 6.42 Å². The van der Waals surface area contributed by atoms with E-state index in [0.717, 1.165) is 11.7 Å². The minimum Gasteiger partial charge on any atom is -0.464 e. The highest BCUT2D eigenvalue weighted by atomic mass is 16.3. The summed E-state index contributed by atoms with van der Waals surface area (Å²) in [6, 6.07) is 0. The van der Waals surface area contributed by atoms with Crippen LogP contribution in [0.15, 0.2) is 16.3 Å². The molecule has 2 aliphatic carbocycles. The number of fused-ring (bicyclic) bond motifs is 2. The van der Waals surface area contributed by atoms with Crippen molar-refractivity contribution in [2.75, 3.05) is 0 Å². The van der Waals surface area contributed by atoms with Gasteiger partial charge in [0.25, 0.3) is 0 Å². The summed E-state index contributed by atoms with van der Waals surface area (Å²) >= 11 is 0. The average molecular weight is 216 g/mol. The molecule has 0 aromatic carbocycles. The van der Waals surface area contributed by atoms with E-state index in [1.54, 1.807) is 5.57 Å². The minimum absolute atomic E-state index is 0.389. The van der Waals surface area contributed by atoms with Gasteiger partial charge in [-0.25, -0.2) is 0 Å². The van der Waals surface area contributed by atoms with Crippen LogP contribution in [0, 0.1) is 18.3 Å². The Bertz CT molecular complexity index is 452. The summed E-state index contributed by atoms with van der Waals surface area (Å²) in [5.74, 6) is 1.93. The lowest BCUT2D eigenvalue weighted by molar-refractivity contribution is 0.197. The molecular formula is C15H20O. The van der Waals surface area contributed by atoms with E-state index in [-0.39, 0.29) is 0 Å². The van der Waals surface area contributed by atoms with Gasteiger partial charge in [-0.15, -0.1) is 0 Å². The molecule has 0 radical (unpaired) electrons. The van der Waals surface area contributed by atoms with E-state index in [1.165, 1.54) is 36.8 Å². The highest BCUT2D eigenvalue weighted by Gasteiger charge is 2.41. The summed E-state index contributed by atoms with van der Waals surface area (Å²) in [6.45, 7) is 7.02. The number of furan rings is 1. The second-order valence-corrected chi connectivity index (χ2v) is 5.82. The molecule has 1 heterocycles. The zero-order chi connectivity index (χ0) is 11.3. The fraction of sp³-hybridized carbons (Fsp3) is 0.600. The third-order valence-corrected chi connectivity index (χ3v) is 4.89. The molecule has 0 spiro atoms. The summed E-state index contributed by atoms with van der Waals surface area (Å²) in [4.78, 5) is 0. The van der Waals surface area contributed by atoms with Crippen LogP contribution in [0.3, 0.4) is 0 Å². The number of aryl methyl sites for hydroxylation is 1. The molecule has 2 atom stereocenters. The third kappa shape index (κ3) is 1.24. The molecule has 0 amide bonds. The summed E-state index contributed by atoms with van der Waals surface area (Å²) < 4.78 is 5.64. The van der Waals surface area contributed by atoms with Crippen molar-refractivity contribution >= 4 is 6.08 Å². The van der Waals surface area contributed by atoms with Gasteiger partial charge in [-0.1, -0.05) is 19.4 Å². The van der Waals surface area contributed by atoms with Crippen LogP contribution in [0.5, 0.6) is 0 Å². The molecule has 0 aliphatic heterocycles. The first-order chi connectivity index (χ1) is 7.61. The molecule has 3 rings (SSSR count). The molecule has 0 unspecified atom stereocenters. The molecule has 86 valence electrons. The van der Waals surface area contributed by atoms with E-state index < -0.39 is 0 Å². The second-order valence-electron chi connectivity index (χ2n) is 5.82. The van der Waals surface area contributed by atoms with Crippen molar-refractivity contribution in [3.8, 4) is 0 Å². The normalized spacial score (nSPS) is 32.9. The largest absolute Gasteiger partial charge is 0.464 e. The molecule has 1 saturated carbocycles. The Labute approximate surface area is 97.5 Å². The van der Waals surface area contributed by atoms with Crippen molar-refractivity contribution < 1.29 is 4.42 Å². The Morgan fingerprint density at radius 3 is 3.06 bits per heavy atom. The Morgan fingerprint density at radius 2 is 2.25 bits per heavy atom. The van der Waals surface area contributed by atoms with Gasteiger partial charge in [0.2, 0.25) is 0 Å². The molecule has 1 heteroatoms. The molecule has 0 N–H and O–H groups in total. The molecular weight excluding hydrogens is 196 g/mol. The predicted molar refractivity (Wildman–Crippen MR) is 66.2 cm³/mol. The van der Waals surface area contributed by atoms with Gasteiger partial charge in [-0.05, 0) is 55.6 Å². The van der Waals surface area contributed by atoms with Gasteiger partial charge in [0, 0.05) is 5.56 Å². The van der Waals surface area contributed by atoms with E-state index in [1.807, 2.05) is 6.26 Å². The Kier molecular flexibility index (Phi) is 2.07. The van der Waals surface area contributed by atoms with Crippen molar-refractivity contribution in [1.82, 2.24) is 0 Å². The van der Waals surface area contributed by atoms with Crippen LogP contribution in [0.4, 0.5) is 0 Å². The van der Waals surface area contributed by atoms with Crippen LogP contribution in [0.25, 0.3) is 6.08 Å². The topological polar surface area (TPSA) is 13.1 Å². The zero-order valence-electron chi connectivity index (χ0n) is 10.5. The maximum absolute atomic E-state index is 5.64. The number of allylic oxidation sites excluding steroid dienone is 1. The Balaban J connectivity index is 2.12. The number of hydrogen-bond acceptors (Lipinski definition) is 1. The standard InChI is InChI=1S/C15H20O/c1-10-9-16-14-7-12-6-4-5-11(2)15(12,3)8-13(10)14/h7,9,11H,4-6,8H2,1-3H3/t11-,15+/m0/s1. The van der Waals surface area contributed by atoms with Crippen molar-refractivity contribution in [1.29, 1.82) is 0 Å². The average Bonchev–Trinajstić information content (AvgIpc) is 2.59. The van der Waals surface area contributed by atoms with Gasteiger partial charge in [0.1, 0.15) is 5.76 Å². The van der Waals surface area contributed by atoms with Gasteiger partial charge in [-0.3, -0.25) is 0 Å². The monoisotopic (exact) mass is 216 g/mol. The molecule has 2 aliphatic rings. The minimum atomic E-state index is 0.389. The lowest BCUT2D eigenvalue weighted by Gasteiger charge is -2.44. The summed E-state index contributed by atoms with van der Waals surface area (Å²) in [5, 5.41) is 0. The fourth-order valence-electron chi connectivity index (χ4n) is 3.41. The first-order valence-corrected chi connectivity index (χ1v) is 6.39. The summed E-state index contributed by atoms with van der Waals surface area (Å²) in [5.41, 5.74) is 4.78. The maximum Gasteiger partial charge on any atom is 0.130 e. The van der Waals surface area contributed by atoms with Gasteiger partial charge >= 0.3 is 0 Å². The number of rotatable bonds is 0. The second kappa shape index (κ2) is 3.26. The highest BCUT2D eigenvalue weighted by Crippen LogP contribution is 2.51. The molecule has 16 heavy (non-hydrogen) atoms. The molecule has 1 aromatic rings. The van der Waals surface area contributed by atoms with Gasteiger partial charge < -0.3 is 4.42 Å². The predicted octanol–water partition coefficient (Wildman–Crippen LogP) is 4.35. The molecule has 1 nitrogen and oxygen atoms in total. The van der Waals surface area contributed by atoms with Crippen LogP contribution in [-0.4, -0.2) is 0 Å². The Hall–Kier alpha value is -0.980. The van der Waals surface area contributed by atoms with Crippen molar-refractivity contribution in [3.05, 3.63) is 28.7 Å². The van der Waals surface area contributed by atoms with Crippen molar-refractivity contribution in [2.45, 2.75) is 46.5 Å². The van der Waals surface area contributed by atoms with Gasteiger partial charge in [0.05, 0.1) is 6.26 Å². The van der Waals surface area contributed by atoms with Gasteiger partial charge in [-0.2, -0.15) is 0 Å². The van der Waals surface area contributed by atoms with Crippen LogP contribution >= 0.6 is 0 Å². The molecule has 0 bridgehead atoms. The molecule has 1 fully saturated rings. The molecule has 0 saturated heterocycles. The van der Waals surface area contributed by atoms with Crippen LogP contribution in [0.2, 0.25) is 0 Å². The van der Waals surface area contributed by atoms with Crippen molar-refractivity contribution in [2.24, 2.45) is 11.3 Å². The van der Waals surface area contributed by atoms with E-state index in [0.29, 0.717) is 5.41 Å². The van der Waals surface area contributed by atoms with E-state index >= 15 is 0 Å². The summed E-state index contributed by atoms with van der Waals surface area (Å²) in [6.07, 6.45) is 9.39. The van der Waals surface area contributed by atoms with E-state index in [4.69, 9.17) is 4.42 Å². The molecule has 1 aromatic heterocycles. The van der Waals surface area contributed by atoms with E-state index in [2.05, 4.69) is 26.8 Å². The lowest BCUT2D eigenvalue weighted by Crippen LogP contribution is -2.35. The first-order valence-electron chi connectivity index (χ1n) is 6.39. The van der Waals surface area contributed by atoms with Crippen LogP contribution < -0.4 is 0 Å². The summed E-state index contributed by atoms with van der Waals surface area (Å²) in [7, 11) is 0. The van der Waals surface area contributed by atoms with E-state index in [9.17, 15) is 0 Å². The fourth-order valence-corrected chi connectivity index (χ4v) is 3.41. The van der Waals surface area contributed by atoms with Gasteiger partial charge in [0.15, 0.2) is 0 Å². The Morgan fingerprint density at radius 1 is 1.44 bits per heavy atom. The third-order valence-electron chi connectivity index (χ3n) is 4.89. The van der Waals surface area contributed by atoms with Crippen LogP contribution in [0.1, 0.15) is 50.0 Å². The maximum atomic E-state index is 5.64. The zero-order valence-corrected chi connectivity index (χ0v) is 10.5. The number of hydrogen-bond donors (Lipinski definition) is 0.